The normalized spacial score (nSPS) is 16.9. The second-order valence-corrected chi connectivity index (χ2v) is 13.5. The lowest BCUT2D eigenvalue weighted by Gasteiger charge is -2.34. The first-order valence-corrected chi connectivity index (χ1v) is 15.2. The summed E-state index contributed by atoms with van der Waals surface area (Å²) in [7, 11) is -4.20. The predicted octanol–water partition coefficient (Wildman–Crippen LogP) is 6.15. The van der Waals surface area contributed by atoms with Crippen molar-refractivity contribution in [3.8, 4) is 17.0 Å². The number of aromatic nitrogens is 2. The van der Waals surface area contributed by atoms with E-state index in [0.717, 1.165) is 6.42 Å². The lowest BCUT2D eigenvalue weighted by Crippen LogP contribution is -2.41. The van der Waals surface area contributed by atoms with Gasteiger partial charge in [0.05, 0.1) is 22.8 Å². The van der Waals surface area contributed by atoms with Crippen LogP contribution in [0, 0.1) is 17.7 Å². The van der Waals surface area contributed by atoms with Gasteiger partial charge in [0, 0.05) is 40.8 Å². The minimum absolute atomic E-state index is 0.000424. The van der Waals surface area contributed by atoms with E-state index < -0.39 is 21.7 Å². The van der Waals surface area contributed by atoms with Crippen LogP contribution >= 0.6 is 0 Å². The Bertz CT molecular complexity index is 1710. The molecule has 8 nitrogen and oxygen atoms in total. The third-order valence-electron chi connectivity index (χ3n) is 7.27. The molecule has 0 bridgehead atoms. The van der Waals surface area contributed by atoms with E-state index in [1.165, 1.54) is 18.2 Å². The summed E-state index contributed by atoms with van der Waals surface area (Å²) in [6, 6.07) is 14.1. The van der Waals surface area contributed by atoms with E-state index in [0.29, 0.717) is 52.8 Å². The van der Waals surface area contributed by atoms with Gasteiger partial charge in [-0.1, -0.05) is 26.8 Å². The number of pyridine rings is 1. The fourth-order valence-corrected chi connectivity index (χ4v) is 6.72. The van der Waals surface area contributed by atoms with Crippen molar-refractivity contribution in [3.05, 3.63) is 72.2 Å². The Labute approximate surface area is 240 Å². The zero-order valence-electron chi connectivity index (χ0n) is 23.9. The summed E-state index contributed by atoms with van der Waals surface area (Å²) in [6.07, 6.45) is 2.51. The Balaban J connectivity index is 1.56. The average molecular weight is 579 g/mol. The Morgan fingerprint density at radius 2 is 1.98 bits per heavy atom. The highest BCUT2D eigenvalue weighted by atomic mass is 32.2. The molecular weight excluding hydrogens is 543 g/mol. The highest BCUT2D eigenvalue weighted by Crippen LogP contribution is 2.39. The zero-order chi connectivity index (χ0) is 29.5. The second-order valence-electron chi connectivity index (χ2n) is 11.8. The van der Waals surface area contributed by atoms with Crippen LogP contribution in [0.1, 0.15) is 51.4 Å². The predicted molar refractivity (Wildman–Crippen MR) is 158 cm³/mol. The molecule has 10 heteroatoms. The van der Waals surface area contributed by atoms with Gasteiger partial charge in [-0.05, 0) is 74.6 Å². The quantitative estimate of drug-likeness (QED) is 0.260. The Hall–Kier alpha value is -3.92. The van der Waals surface area contributed by atoms with E-state index in [1.54, 1.807) is 42.6 Å². The number of hydrogen-bond acceptors (Lipinski definition) is 6. The summed E-state index contributed by atoms with van der Waals surface area (Å²) < 4.78 is 49.4. The topological polar surface area (TPSA) is 104 Å². The van der Waals surface area contributed by atoms with Crippen LogP contribution in [-0.4, -0.2) is 43.0 Å². The van der Waals surface area contributed by atoms with Crippen LogP contribution in [0.2, 0.25) is 0 Å². The number of halogens is 1. The number of hydrogen-bond donors (Lipinski definition) is 2. The first kappa shape index (κ1) is 28.6. The number of carbonyl (C=O) groups excluding carboxylic acids is 1. The lowest BCUT2D eigenvalue weighted by atomic mass is 9.97. The molecule has 2 N–H and O–H groups in total. The van der Waals surface area contributed by atoms with Crippen molar-refractivity contribution in [2.24, 2.45) is 11.8 Å². The number of nitrogens with zero attached hydrogens (tertiary/aromatic N) is 2. The van der Waals surface area contributed by atoms with Crippen LogP contribution in [0.25, 0.3) is 22.2 Å². The molecule has 1 saturated heterocycles. The number of aromatic amines is 1. The van der Waals surface area contributed by atoms with Gasteiger partial charge < -0.3 is 14.6 Å². The Kier molecular flexibility index (Phi) is 7.54. The monoisotopic (exact) mass is 578 g/mol. The first-order valence-electron chi connectivity index (χ1n) is 13.7. The Morgan fingerprint density at radius 3 is 2.68 bits per heavy atom. The number of benzene rings is 2. The summed E-state index contributed by atoms with van der Waals surface area (Å²) in [5.74, 6) is 0.0710. The van der Waals surface area contributed by atoms with Crippen molar-refractivity contribution >= 4 is 32.7 Å². The molecule has 2 aromatic carbocycles. The average Bonchev–Trinajstić information content (AvgIpc) is 3.49. The van der Waals surface area contributed by atoms with Crippen LogP contribution in [-0.2, 0) is 10.0 Å². The van der Waals surface area contributed by atoms with E-state index in [4.69, 9.17) is 9.72 Å². The van der Waals surface area contributed by atoms with Crippen molar-refractivity contribution < 1.29 is 22.3 Å². The van der Waals surface area contributed by atoms with Gasteiger partial charge in [-0.3, -0.25) is 4.79 Å². The standard InChI is InChI=1S/C31H35FN4O4S/c1-19(2)18-40-23-14-21(13-22(32)15-23)26-10-9-25(29(34-26)36-17-20(3)16-31(36,4)5)30(37)35-41(38,39)28-8-6-7-27-24(28)11-12-33-27/h6-15,19-20,33H,16-18H2,1-5H3,(H,35,37). The minimum Gasteiger partial charge on any atom is -0.493 e. The van der Waals surface area contributed by atoms with Crippen LogP contribution in [0.4, 0.5) is 10.2 Å². The maximum absolute atomic E-state index is 14.6. The largest absolute Gasteiger partial charge is 0.493 e. The smallest absolute Gasteiger partial charge is 0.268 e. The van der Waals surface area contributed by atoms with Crippen LogP contribution in [0.15, 0.2) is 65.7 Å². The van der Waals surface area contributed by atoms with E-state index in [9.17, 15) is 17.6 Å². The number of ether oxygens (including phenoxy) is 1. The highest BCUT2D eigenvalue weighted by Gasteiger charge is 2.39. The molecule has 1 fully saturated rings. The number of fused-ring (bicyclic) bond motifs is 1. The molecule has 1 aliphatic rings. The molecule has 1 amide bonds. The van der Waals surface area contributed by atoms with Gasteiger partial charge in [0.25, 0.3) is 15.9 Å². The fraction of sp³-hybridized carbons (Fsp3) is 0.355. The van der Waals surface area contributed by atoms with Crippen LogP contribution in [0.5, 0.6) is 5.75 Å². The van der Waals surface area contributed by atoms with E-state index in [1.807, 2.05) is 18.7 Å². The third kappa shape index (κ3) is 5.93. The summed E-state index contributed by atoms with van der Waals surface area (Å²) in [5, 5.41) is 0.484. The van der Waals surface area contributed by atoms with Gasteiger partial charge in [0.2, 0.25) is 0 Å². The van der Waals surface area contributed by atoms with Gasteiger partial charge in [-0.15, -0.1) is 0 Å². The number of sulfonamides is 1. The molecule has 1 unspecified atom stereocenters. The molecule has 4 aromatic rings. The van der Waals surface area contributed by atoms with Crippen molar-refractivity contribution in [1.82, 2.24) is 14.7 Å². The van der Waals surface area contributed by atoms with Gasteiger partial charge in [-0.25, -0.2) is 22.5 Å². The van der Waals surface area contributed by atoms with Crippen molar-refractivity contribution in [2.45, 2.75) is 51.5 Å². The van der Waals surface area contributed by atoms with Gasteiger partial charge in [0.15, 0.2) is 0 Å². The molecule has 1 aliphatic heterocycles. The molecule has 41 heavy (non-hydrogen) atoms. The molecule has 0 aliphatic carbocycles. The SMILES string of the molecule is CC(C)COc1cc(F)cc(-c2ccc(C(=O)NS(=O)(=O)c3cccc4[nH]ccc34)c(N3CC(C)CC3(C)C)n2)c1. The maximum Gasteiger partial charge on any atom is 0.268 e. The number of rotatable bonds is 8. The van der Waals surface area contributed by atoms with E-state index >= 15 is 0 Å². The number of amides is 1. The van der Waals surface area contributed by atoms with Crippen molar-refractivity contribution in [1.29, 1.82) is 0 Å². The third-order valence-corrected chi connectivity index (χ3v) is 8.66. The van der Waals surface area contributed by atoms with Crippen molar-refractivity contribution in [2.75, 3.05) is 18.1 Å². The molecule has 0 saturated carbocycles. The summed E-state index contributed by atoms with van der Waals surface area (Å²) in [5.41, 5.74) is 1.36. The number of H-pyrrole nitrogens is 1. The fourth-order valence-electron chi connectivity index (χ4n) is 5.53. The molecule has 1 atom stereocenters. The molecule has 5 rings (SSSR count). The zero-order valence-corrected chi connectivity index (χ0v) is 24.7. The number of anilines is 1. The molecule has 216 valence electrons. The van der Waals surface area contributed by atoms with Crippen molar-refractivity contribution in [3.63, 3.8) is 0 Å². The second kappa shape index (κ2) is 10.8. The summed E-state index contributed by atoms with van der Waals surface area (Å²) in [6.45, 7) is 11.3. The van der Waals surface area contributed by atoms with Gasteiger partial charge in [-0.2, -0.15) is 0 Å². The van der Waals surface area contributed by atoms with Gasteiger partial charge >= 0.3 is 0 Å². The van der Waals surface area contributed by atoms with E-state index in [-0.39, 0.29) is 21.9 Å². The lowest BCUT2D eigenvalue weighted by molar-refractivity contribution is 0.0981. The number of nitrogens with one attached hydrogen (secondary N) is 2. The maximum atomic E-state index is 14.6. The molecule has 2 aromatic heterocycles. The van der Waals surface area contributed by atoms with Crippen LogP contribution < -0.4 is 14.4 Å². The van der Waals surface area contributed by atoms with Crippen LogP contribution in [0.3, 0.4) is 0 Å². The molecular formula is C31H35FN4O4S. The minimum atomic E-state index is -4.20. The van der Waals surface area contributed by atoms with E-state index in [2.05, 4.69) is 30.5 Å². The number of carbonyl (C=O) groups is 1. The molecule has 0 spiro atoms. The highest BCUT2D eigenvalue weighted by molar-refractivity contribution is 7.90. The summed E-state index contributed by atoms with van der Waals surface area (Å²) in [4.78, 5) is 23.5. The summed E-state index contributed by atoms with van der Waals surface area (Å²) >= 11 is 0. The molecule has 3 heterocycles. The molecule has 0 radical (unpaired) electrons. The first-order chi connectivity index (χ1) is 19.3. The Morgan fingerprint density at radius 1 is 1.20 bits per heavy atom. The van der Waals surface area contributed by atoms with Gasteiger partial charge in [0.1, 0.15) is 17.4 Å².